The van der Waals surface area contributed by atoms with Crippen LogP contribution < -0.4 is 5.32 Å². The highest BCUT2D eigenvalue weighted by Gasteiger charge is 2.28. The predicted molar refractivity (Wildman–Crippen MR) is 123 cm³/mol. The minimum atomic E-state index is -0.147. The molecule has 0 radical (unpaired) electrons. The number of carbonyl (C=O) groups is 1. The van der Waals surface area contributed by atoms with Gasteiger partial charge in [0.15, 0.2) is 5.69 Å². The van der Waals surface area contributed by atoms with Crippen LogP contribution in [0, 0.1) is 0 Å². The van der Waals surface area contributed by atoms with E-state index in [0.29, 0.717) is 25.3 Å². The number of nitrogens with one attached hydrogen (secondary N) is 1. The number of thiazole rings is 1. The van der Waals surface area contributed by atoms with Crippen LogP contribution in [0.25, 0.3) is 0 Å². The molecule has 0 atom stereocenters. The number of rotatable bonds is 7. The van der Waals surface area contributed by atoms with Gasteiger partial charge in [-0.2, -0.15) is 5.10 Å². The van der Waals surface area contributed by atoms with Gasteiger partial charge in [-0.15, -0.1) is 11.3 Å². The topological polar surface area (TPSA) is 75.9 Å². The second-order valence-corrected chi connectivity index (χ2v) is 8.83. The van der Waals surface area contributed by atoms with Crippen molar-refractivity contribution in [1.29, 1.82) is 0 Å². The number of nitrogens with zero attached hydrogens (tertiary/aromatic N) is 5. The number of carbonyl (C=O) groups excluding carboxylic acids is 1. The van der Waals surface area contributed by atoms with Gasteiger partial charge in [-0.05, 0) is 17.2 Å². The van der Waals surface area contributed by atoms with E-state index < -0.39 is 0 Å². The van der Waals surface area contributed by atoms with Crippen molar-refractivity contribution in [3.8, 4) is 0 Å². The van der Waals surface area contributed by atoms with E-state index in [0.717, 1.165) is 35.8 Å². The fourth-order valence-electron chi connectivity index (χ4n) is 4.08. The molecule has 7 nitrogen and oxygen atoms in total. The molecule has 0 aliphatic carbocycles. The zero-order valence-corrected chi connectivity index (χ0v) is 18.5. The molecule has 0 saturated heterocycles. The van der Waals surface area contributed by atoms with E-state index in [4.69, 9.17) is 5.10 Å². The molecule has 1 amide bonds. The molecule has 162 valence electrons. The van der Waals surface area contributed by atoms with Crippen LogP contribution >= 0.6 is 11.3 Å². The summed E-state index contributed by atoms with van der Waals surface area (Å²) in [5.74, 6) is -0.147. The molecule has 0 fully saturated rings. The maximum Gasteiger partial charge on any atom is 0.272 e. The summed E-state index contributed by atoms with van der Waals surface area (Å²) < 4.78 is 2.00. The van der Waals surface area contributed by atoms with Gasteiger partial charge in [0.25, 0.3) is 5.91 Å². The first-order chi connectivity index (χ1) is 15.8. The van der Waals surface area contributed by atoms with E-state index in [2.05, 4.69) is 38.4 Å². The van der Waals surface area contributed by atoms with Gasteiger partial charge in [0.2, 0.25) is 0 Å². The monoisotopic (exact) mass is 444 g/mol. The summed E-state index contributed by atoms with van der Waals surface area (Å²) in [5, 5.41) is 10.6. The SMILES string of the molecule is O=C(NCc1nccs1)c1nn(Cc2ccccc2)c2c1CN(Cc1cccnc1)CC2. The largest absolute Gasteiger partial charge is 0.344 e. The first kappa shape index (κ1) is 20.5. The second kappa shape index (κ2) is 9.42. The molecule has 4 aromatic rings. The zero-order chi connectivity index (χ0) is 21.8. The van der Waals surface area contributed by atoms with E-state index in [-0.39, 0.29) is 5.91 Å². The van der Waals surface area contributed by atoms with Gasteiger partial charge in [0.1, 0.15) is 5.01 Å². The molecular formula is C24H24N6OS. The number of fused-ring (bicyclic) bond motifs is 1. The Labute approximate surface area is 190 Å². The highest BCUT2D eigenvalue weighted by molar-refractivity contribution is 7.09. The lowest BCUT2D eigenvalue weighted by Gasteiger charge is -2.27. The molecule has 1 aromatic carbocycles. The van der Waals surface area contributed by atoms with Crippen molar-refractivity contribution >= 4 is 17.2 Å². The van der Waals surface area contributed by atoms with Gasteiger partial charge in [-0.3, -0.25) is 19.4 Å². The molecule has 1 aliphatic rings. The number of aromatic nitrogens is 4. The Morgan fingerprint density at radius 1 is 1.06 bits per heavy atom. The number of hydrogen-bond acceptors (Lipinski definition) is 6. The van der Waals surface area contributed by atoms with E-state index in [1.54, 1.807) is 12.4 Å². The van der Waals surface area contributed by atoms with Gasteiger partial charge in [-0.25, -0.2) is 4.98 Å². The van der Waals surface area contributed by atoms with Gasteiger partial charge >= 0.3 is 0 Å². The summed E-state index contributed by atoms with van der Waals surface area (Å²) in [5.41, 5.74) is 5.03. The molecule has 0 saturated carbocycles. The van der Waals surface area contributed by atoms with Crippen LogP contribution in [0.1, 0.15) is 37.9 Å². The van der Waals surface area contributed by atoms with Crippen molar-refractivity contribution < 1.29 is 4.79 Å². The van der Waals surface area contributed by atoms with Gasteiger partial charge in [0, 0.05) is 61.3 Å². The molecule has 0 unspecified atom stereocenters. The normalized spacial score (nSPS) is 13.6. The van der Waals surface area contributed by atoms with Crippen LogP contribution in [-0.4, -0.2) is 37.1 Å². The number of hydrogen-bond donors (Lipinski definition) is 1. The van der Waals surface area contributed by atoms with Crippen LogP contribution in [0.2, 0.25) is 0 Å². The Hall–Kier alpha value is -3.36. The van der Waals surface area contributed by atoms with Gasteiger partial charge in [0.05, 0.1) is 13.1 Å². The lowest BCUT2D eigenvalue weighted by atomic mass is 10.0. The highest BCUT2D eigenvalue weighted by Crippen LogP contribution is 2.25. The molecule has 3 aromatic heterocycles. The third-order valence-electron chi connectivity index (χ3n) is 5.62. The second-order valence-electron chi connectivity index (χ2n) is 7.85. The Morgan fingerprint density at radius 3 is 2.72 bits per heavy atom. The molecule has 1 N–H and O–H groups in total. The standard InChI is InChI=1S/C24H24N6OS/c31-24(27-14-22-26-10-12-32-22)23-20-17-29(15-19-7-4-9-25-13-19)11-8-21(20)30(28-23)16-18-5-2-1-3-6-18/h1-7,9-10,12-13H,8,11,14-17H2,(H,27,31). The molecular weight excluding hydrogens is 420 g/mol. The van der Waals surface area contributed by atoms with E-state index in [1.165, 1.54) is 22.5 Å². The quantitative estimate of drug-likeness (QED) is 0.474. The summed E-state index contributed by atoms with van der Waals surface area (Å²) in [6.45, 7) is 3.49. The van der Waals surface area contributed by atoms with Gasteiger partial charge in [-0.1, -0.05) is 36.4 Å². The molecule has 8 heteroatoms. The molecule has 4 heterocycles. The van der Waals surface area contributed by atoms with Crippen molar-refractivity contribution in [2.24, 2.45) is 0 Å². The highest BCUT2D eigenvalue weighted by atomic mass is 32.1. The third-order valence-corrected chi connectivity index (χ3v) is 6.40. The minimum Gasteiger partial charge on any atom is -0.344 e. The fourth-order valence-corrected chi connectivity index (χ4v) is 4.64. The maximum atomic E-state index is 13.1. The molecule has 1 aliphatic heterocycles. The predicted octanol–water partition coefficient (Wildman–Crippen LogP) is 3.27. The summed E-state index contributed by atoms with van der Waals surface area (Å²) in [6, 6.07) is 14.3. The lowest BCUT2D eigenvalue weighted by Crippen LogP contribution is -2.32. The summed E-state index contributed by atoms with van der Waals surface area (Å²) in [4.78, 5) is 23.9. The van der Waals surface area contributed by atoms with Gasteiger partial charge < -0.3 is 5.32 Å². The zero-order valence-electron chi connectivity index (χ0n) is 17.6. The number of benzene rings is 1. The van der Waals surface area contributed by atoms with Crippen molar-refractivity contribution in [1.82, 2.24) is 30.0 Å². The maximum absolute atomic E-state index is 13.1. The van der Waals surface area contributed by atoms with Crippen molar-refractivity contribution in [2.45, 2.75) is 32.6 Å². The Morgan fingerprint density at radius 2 is 1.94 bits per heavy atom. The van der Waals surface area contributed by atoms with Crippen molar-refractivity contribution in [2.75, 3.05) is 6.54 Å². The fraction of sp³-hybridized carbons (Fsp3) is 0.250. The van der Waals surface area contributed by atoms with Crippen molar-refractivity contribution in [3.05, 3.63) is 99.5 Å². The minimum absolute atomic E-state index is 0.147. The Kier molecular flexibility index (Phi) is 6.04. The van der Waals surface area contributed by atoms with Crippen LogP contribution in [-0.2, 0) is 32.6 Å². The average Bonchev–Trinajstić information content (AvgIpc) is 3.47. The number of amides is 1. The molecule has 0 bridgehead atoms. The lowest BCUT2D eigenvalue weighted by molar-refractivity contribution is 0.0942. The first-order valence-electron chi connectivity index (χ1n) is 10.7. The average molecular weight is 445 g/mol. The first-order valence-corrected chi connectivity index (χ1v) is 11.5. The van der Waals surface area contributed by atoms with Crippen LogP contribution in [0.15, 0.2) is 66.4 Å². The van der Waals surface area contributed by atoms with Crippen LogP contribution in [0.3, 0.4) is 0 Å². The third kappa shape index (κ3) is 4.61. The van der Waals surface area contributed by atoms with Crippen LogP contribution in [0.4, 0.5) is 0 Å². The van der Waals surface area contributed by atoms with Crippen molar-refractivity contribution in [3.63, 3.8) is 0 Å². The number of pyridine rings is 1. The summed E-state index contributed by atoms with van der Waals surface area (Å²) in [7, 11) is 0. The van der Waals surface area contributed by atoms with E-state index in [9.17, 15) is 4.79 Å². The Balaban J connectivity index is 1.40. The molecule has 32 heavy (non-hydrogen) atoms. The summed E-state index contributed by atoms with van der Waals surface area (Å²) >= 11 is 1.53. The van der Waals surface area contributed by atoms with Crippen LogP contribution in [0.5, 0.6) is 0 Å². The smallest absolute Gasteiger partial charge is 0.272 e. The molecule has 5 rings (SSSR count). The summed E-state index contributed by atoms with van der Waals surface area (Å²) in [6.07, 6.45) is 6.29. The van der Waals surface area contributed by atoms with E-state index >= 15 is 0 Å². The molecule has 0 spiro atoms. The Bertz CT molecular complexity index is 1170. The van der Waals surface area contributed by atoms with E-state index in [1.807, 2.05) is 40.5 Å².